The second-order valence-corrected chi connectivity index (χ2v) is 30.8. The van der Waals surface area contributed by atoms with E-state index in [1.165, 1.54) is 82.6 Å². The van der Waals surface area contributed by atoms with Crippen molar-refractivity contribution in [1.29, 1.82) is 0 Å². The lowest BCUT2D eigenvalue weighted by Gasteiger charge is -2.58. The van der Waals surface area contributed by atoms with Crippen LogP contribution in [0.2, 0.25) is 0 Å². The van der Waals surface area contributed by atoms with E-state index in [-0.39, 0.29) is 33.2 Å². The standard InChI is InChI=1S/C20H28N2.C16H18N2.C13H18N2.C13H20N2.2C11H16N2/c1-19(2,22-13-18-5-3-4-6-21-18)14-20-10-15-7-16(11-20)9-17(8-15)12-20;1-16(2,12-14-8-4-3-5-9-14)18-13-15-10-6-7-11-17-15;1-13(8-4-2-5-9-13)15-11-12-7-3-6-10-14-12;1-11(2)9-13(3,4)15-10-12-7-5-6-8-14-12;2*1-4-11(2,3)13-9-10-7-5-6-8-12-10/h3-6,13,15-17H,7-12,14H2,1-2H3;3-11,13H,12H2,1-2H3;3,6-7,10-11H,2,4-5,8-9H2,1H3;5-8,10-11H,9H2,1-4H3;2*5-9H,4H2,1-3H3. The number of aliphatic imine (C=N–C) groups is 6. The molecule has 12 heteroatoms. The quantitative estimate of drug-likeness (QED) is 0.0693. The number of hydrogen-bond donors (Lipinski definition) is 0. The van der Waals surface area contributed by atoms with E-state index >= 15 is 0 Å². The zero-order chi connectivity index (χ0) is 69.4. The van der Waals surface area contributed by atoms with Crippen molar-refractivity contribution in [3.63, 3.8) is 0 Å². The number of pyridine rings is 6. The molecule has 6 heterocycles. The van der Waals surface area contributed by atoms with Gasteiger partial charge in [-0.3, -0.25) is 59.9 Å². The van der Waals surface area contributed by atoms with Gasteiger partial charge in [0, 0.05) is 74.5 Å². The molecule has 0 spiro atoms. The van der Waals surface area contributed by atoms with Crippen molar-refractivity contribution in [3.05, 3.63) is 216 Å². The lowest BCUT2D eigenvalue weighted by Crippen LogP contribution is -2.48. The molecule has 0 amide bonds. The number of rotatable bonds is 20. The molecular weight excluding hydrogens is 1180 g/mol. The zero-order valence-corrected chi connectivity index (χ0v) is 61.2. The Kier molecular flexibility index (Phi) is 30.7. The second-order valence-electron chi connectivity index (χ2n) is 30.8. The Bertz CT molecular complexity index is 3330. The van der Waals surface area contributed by atoms with Gasteiger partial charge in [0.15, 0.2) is 0 Å². The minimum absolute atomic E-state index is 0.00564. The summed E-state index contributed by atoms with van der Waals surface area (Å²) in [6.07, 6.45) is 42.8. The fourth-order valence-electron chi connectivity index (χ4n) is 13.4. The van der Waals surface area contributed by atoms with Crippen molar-refractivity contribution in [2.45, 2.75) is 240 Å². The Hall–Kier alpha value is -7.86. The zero-order valence-electron chi connectivity index (χ0n) is 61.2. The first kappa shape index (κ1) is 77.1. The van der Waals surface area contributed by atoms with Crippen LogP contribution in [-0.4, -0.2) is 100 Å². The highest BCUT2D eigenvalue weighted by atomic mass is 14.9. The van der Waals surface area contributed by atoms with Crippen molar-refractivity contribution in [2.75, 3.05) is 0 Å². The molecular formula is C84H116N12. The van der Waals surface area contributed by atoms with Crippen molar-refractivity contribution >= 4 is 37.3 Å². The third-order valence-corrected chi connectivity index (χ3v) is 18.4. The maximum absolute atomic E-state index is 4.91. The van der Waals surface area contributed by atoms with E-state index in [4.69, 9.17) is 9.98 Å². The van der Waals surface area contributed by atoms with Crippen molar-refractivity contribution in [3.8, 4) is 0 Å². The SMILES string of the molecule is CC(C)(CC12CC3CC(CC(C3)C1)C2)N=Cc1ccccn1.CC(C)(Cc1ccccc1)N=Cc1ccccn1.CC(C)CC(C)(C)N=Cc1ccccn1.CC1(N=Cc2ccccn2)CCCCC1.CCC(C)(C)N=Cc1ccccn1.CCC(C)(C)N=Cc1ccccn1. The molecule has 5 fully saturated rings. The van der Waals surface area contributed by atoms with E-state index in [1.54, 1.807) is 24.8 Å². The summed E-state index contributed by atoms with van der Waals surface area (Å²) in [5.74, 6) is 3.76. The van der Waals surface area contributed by atoms with Crippen molar-refractivity contribution in [2.24, 2.45) is 59.0 Å². The highest BCUT2D eigenvalue weighted by Gasteiger charge is 2.52. The summed E-state index contributed by atoms with van der Waals surface area (Å²) in [5.41, 5.74) is 7.64. The van der Waals surface area contributed by atoms with E-state index < -0.39 is 0 Å². The van der Waals surface area contributed by atoms with Crippen LogP contribution in [0.4, 0.5) is 0 Å². The third-order valence-electron chi connectivity index (χ3n) is 18.4. The molecule has 0 unspecified atom stereocenters. The lowest BCUT2D eigenvalue weighted by molar-refractivity contribution is -0.0653. The Labute approximate surface area is 579 Å². The molecule has 12 nitrogen and oxygen atoms in total. The van der Waals surface area contributed by atoms with Crippen LogP contribution in [0.25, 0.3) is 0 Å². The molecule has 512 valence electrons. The lowest BCUT2D eigenvalue weighted by atomic mass is 9.48. The normalized spacial score (nSPS) is 19.2. The summed E-state index contributed by atoms with van der Waals surface area (Å²) in [7, 11) is 0. The van der Waals surface area contributed by atoms with Crippen LogP contribution >= 0.6 is 0 Å². The topological polar surface area (TPSA) is 152 Å². The monoisotopic (exact) mass is 1290 g/mol. The molecule has 0 saturated heterocycles. The summed E-state index contributed by atoms with van der Waals surface area (Å²) < 4.78 is 0. The van der Waals surface area contributed by atoms with Gasteiger partial charge in [-0.15, -0.1) is 0 Å². The molecule has 7 aromatic rings. The molecule has 5 aliphatic rings. The van der Waals surface area contributed by atoms with Gasteiger partial charge in [0.2, 0.25) is 0 Å². The smallest absolute Gasteiger partial charge is 0.0808 e. The summed E-state index contributed by atoms with van der Waals surface area (Å²) >= 11 is 0. The van der Waals surface area contributed by atoms with E-state index in [0.717, 1.165) is 77.6 Å². The molecule has 5 saturated carbocycles. The third kappa shape index (κ3) is 30.5. The van der Waals surface area contributed by atoms with E-state index in [1.807, 2.05) is 165 Å². The van der Waals surface area contributed by atoms with Crippen LogP contribution in [-0.2, 0) is 6.42 Å². The second kappa shape index (κ2) is 38.2. The predicted molar refractivity (Wildman–Crippen MR) is 408 cm³/mol. The van der Waals surface area contributed by atoms with Gasteiger partial charge >= 0.3 is 0 Å². The van der Waals surface area contributed by atoms with Gasteiger partial charge in [0.05, 0.1) is 67.4 Å². The van der Waals surface area contributed by atoms with E-state index in [2.05, 4.69) is 178 Å². The Balaban J connectivity index is 0.000000184. The molecule has 0 atom stereocenters. The highest BCUT2D eigenvalue weighted by molar-refractivity contribution is 5.79. The molecule has 0 radical (unpaired) electrons. The first-order valence-corrected chi connectivity index (χ1v) is 35.6. The molecule has 0 aliphatic heterocycles. The molecule has 12 rings (SSSR count). The predicted octanol–water partition coefficient (Wildman–Crippen LogP) is 20.3. The fraction of sp³-hybridized carbons (Fsp3) is 0.500. The van der Waals surface area contributed by atoms with Crippen LogP contribution in [0.15, 0.2) is 207 Å². The maximum atomic E-state index is 4.91. The largest absolute Gasteiger partial charge is 0.285 e. The molecule has 4 bridgehead atoms. The van der Waals surface area contributed by atoms with Gasteiger partial charge in [-0.05, 0) is 267 Å². The van der Waals surface area contributed by atoms with E-state index in [0.29, 0.717) is 11.3 Å². The Morgan fingerprint density at radius 2 is 0.708 bits per heavy atom. The van der Waals surface area contributed by atoms with Gasteiger partial charge in [-0.2, -0.15) is 0 Å². The first-order valence-electron chi connectivity index (χ1n) is 35.6. The van der Waals surface area contributed by atoms with Crippen molar-refractivity contribution in [1.82, 2.24) is 29.9 Å². The first-order chi connectivity index (χ1) is 45.7. The van der Waals surface area contributed by atoms with Crippen molar-refractivity contribution < 1.29 is 0 Å². The van der Waals surface area contributed by atoms with E-state index in [9.17, 15) is 0 Å². The van der Waals surface area contributed by atoms with Gasteiger partial charge in [-0.1, -0.05) is 114 Å². The van der Waals surface area contributed by atoms with Gasteiger partial charge < -0.3 is 0 Å². The number of aromatic nitrogens is 6. The number of hydrogen-bond acceptors (Lipinski definition) is 12. The maximum Gasteiger partial charge on any atom is 0.0808 e. The minimum atomic E-state index is -0.112. The van der Waals surface area contributed by atoms with Crippen LogP contribution in [0.5, 0.6) is 0 Å². The fourth-order valence-corrected chi connectivity index (χ4v) is 13.4. The van der Waals surface area contributed by atoms with Crippen LogP contribution in [0.1, 0.15) is 240 Å². The summed E-state index contributed by atoms with van der Waals surface area (Å²) in [6, 6.07) is 45.7. The average molecular weight is 1290 g/mol. The molecule has 6 aromatic heterocycles. The van der Waals surface area contributed by atoms with Gasteiger partial charge in [0.1, 0.15) is 0 Å². The molecule has 0 N–H and O–H groups in total. The summed E-state index contributed by atoms with van der Waals surface area (Å²) in [4.78, 5) is 53.1. The average Bonchev–Trinajstić information content (AvgIpc) is 0.747. The van der Waals surface area contributed by atoms with Gasteiger partial charge in [0.25, 0.3) is 0 Å². The summed E-state index contributed by atoms with van der Waals surface area (Å²) in [6.45, 7) is 32.7. The number of benzene rings is 1. The Morgan fingerprint density at radius 3 is 1.03 bits per heavy atom. The van der Waals surface area contributed by atoms with Crippen LogP contribution < -0.4 is 0 Å². The van der Waals surface area contributed by atoms with Crippen LogP contribution in [0.3, 0.4) is 0 Å². The summed E-state index contributed by atoms with van der Waals surface area (Å²) in [5, 5.41) is 0. The molecule has 5 aliphatic carbocycles. The molecule has 1 aromatic carbocycles. The van der Waals surface area contributed by atoms with Gasteiger partial charge in [-0.25, -0.2) is 0 Å². The highest BCUT2D eigenvalue weighted by Crippen LogP contribution is 2.62. The van der Waals surface area contributed by atoms with Crippen LogP contribution in [0, 0.1) is 29.1 Å². The minimum Gasteiger partial charge on any atom is -0.285 e. The number of nitrogens with zero attached hydrogens (tertiary/aromatic N) is 12. The molecule has 96 heavy (non-hydrogen) atoms. The Morgan fingerprint density at radius 1 is 0.396 bits per heavy atom.